The molecule has 1 aliphatic heterocycles. The molecule has 9 heteroatoms. The van der Waals surface area contributed by atoms with E-state index in [1.54, 1.807) is 25.1 Å². The Bertz CT molecular complexity index is 721. The summed E-state index contributed by atoms with van der Waals surface area (Å²) in [5.74, 6) is 3.14. The van der Waals surface area contributed by atoms with E-state index in [0.717, 1.165) is 5.82 Å². The summed E-state index contributed by atoms with van der Waals surface area (Å²) in [5.41, 5.74) is 0. The number of carbonyl (C=O) groups is 1. The molecule has 1 aromatic heterocycles. The summed E-state index contributed by atoms with van der Waals surface area (Å²) in [4.78, 5) is 16.2. The number of H-pyrrole nitrogens is 1. The fourth-order valence-corrected chi connectivity index (χ4v) is 2.75. The fraction of sp³-hybridized carbons (Fsp3) is 0.400. The zero-order valence-corrected chi connectivity index (χ0v) is 14.2. The lowest BCUT2D eigenvalue weighted by Gasteiger charge is -2.14. The van der Waals surface area contributed by atoms with Gasteiger partial charge in [0, 0.05) is 18.4 Å². The van der Waals surface area contributed by atoms with Gasteiger partial charge in [-0.05, 0) is 26.0 Å². The summed E-state index contributed by atoms with van der Waals surface area (Å²) in [6.45, 7) is 4.25. The van der Waals surface area contributed by atoms with E-state index in [1.165, 1.54) is 11.8 Å². The van der Waals surface area contributed by atoms with Crippen LogP contribution in [0.4, 0.5) is 0 Å². The lowest BCUT2D eigenvalue weighted by molar-refractivity contribution is -0.127. The predicted molar refractivity (Wildman–Crippen MR) is 87.5 cm³/mol. The van der Waals surface area contributed by atoms with Gasteiger partial charge in [-0.15, -0.1) is 5.10 Å². The number of aryl methyl sites for hydroxylation is 1. The number of nitrogens with zero attached hydrogens (tertiary/aromatic N) is 2. The molecule has 24 heavy (non-hydrogen) atoms. The standard InChI is InChI=1S/C15H18N4O4S/c1-9(23-11-3-4-12-13(7-11)22-8-21-12)14(20)16-5-6-24-15-17-10(2)18-19-15/h3-4,7,9H,5-6,8H2,1-2H3,(H,16,20)(H,17,18,19)/t9-/m0/s1. The van der Waals surface area contributed by atoms with Gasteiger partial charge >= 0.3 is 0 Å². The van der Waals surface area contributed by atoms with Gasteiger partial charge in [0.05, 0.1) is 0 Å². The molecule has 2 N–H and O–H groups in total. The topological polar surface area (TPSA) is 98.4 Å². The van der Waals surface area contributed by atoms with Crippen molar-refractivity contribution < 1.29 is 19.0 Å². The van der Waals surface area contributed by atoms with Crippen molar-refractivity contribution in [3.05, 3.63) is 24.0 Å². The monoisotopic (exact) mass is 350 g/mol. The van der Waals surface area contributed by atoms with Gasteiger partial charge in [-0.25, -0.2) is 4.98 Å². The highest BCUT2D eigenvalue weighted by atomic mass is 32.2. The van der Waals surface area contributed by atoms with E-state index in [0.29, 0.717) is 34.7 Å². The Kier molecular flexibility index (Phi) is 5.09. The van der Waals surface area contributed by atoms with E-state index in [1.807, 2.05) is 6.92 Å². The summed E-state index contributed by atoms with van der Waals surface area (Å²) in [6.07, 6.45) is -0.610. The van der Waals surface area contributed by atoms with E-state index in [9.17, 15) is 4.79 Å². The number of hydrogen-bond acceptors (Lipinski definition) is 7. The Morgan fingerprint density at radius 1 is 1.46 bits per heavy atom. The minimum Gasteiger partial charge on any atom is -0.481 e. The molecule has 8 nitrogen and oxygen atoms in total. The molecule has 2 heterocycles. The van der Waals surface area contributed by atoms with Crippen LogP contribution in [0.3, 0.4) is 0 Å². The summed E-state index contributed by atoms with van der Waals surface area (Å²) in [6, 6.07) is 5.23. The molecule has 0 spiro atoms. The van der Waals surface area contributed by atoms with E-state index < -0.39 is 6.10 Å². The summed E-state index contributed by atoms with van der Waals surface area (Å²) in [5, 5.41) is 10.3. The Balaban J connectivity index is 1.41. The van der Waals surface area contributed by atoms with Crippen LogP contribution in [0, 0.1) is 6.92 Å². The maximum atomic E-state index is 12.1. The quantitative estimate of drug-likeness (QED) is 0.577. The summed E-state index contributed by atoms with van der Waals surface area (Å²) in [7, 11) is 0. The molecule has 1 amide bonds. The Labute approximate surface area is 143 Å². The average Bonchev–Trinajstić information content (AvgIpc) is 3.19. The van der Waals surface area contributed by atoms with Crippen LogP contribution in [-0.2, 0) is 4.79 Å². The molecule has 0 aliphatic carbocycles. The molecular formula is C15H18N4O4S. The van der Waals surface area contributed by atoms with Crippen LogP contribution in [0.15, 0.2) is 23.4 Å². The largest absolute Gasteiger partial charge is 0.481 e. The zero-order valence-electron chi connectivity index (χ0n) is 13.4. The molecule has 128 valence electrons. The Hall–Kier alpha value is -2.42. The third kappa shape index (κ3) is 4.10. The van der Waals surface area contributed by atoms with Gasteiger partial charge in [0.1, 0.15) is 11.6 Å². The third-order valence-corrected chi connectivity index (χ3v) is 4.08. The number of aromatic nitrogens is 3. The van der Waals surface area contributed by atoms with Gasteiger partial charge in [0.25, 0.3) is 5.91 Å². The minimum absolute atomic E-state index is 0.181. The molecule has 1 atom stereocenters. The van der Waals surface area contributed by atoms with Gasteiger partial charge in [-0.1, -0.05) is 11.8 Å². The van der Waals surface area contributed by atoms with Gasteiger partial charge in [-0.2, -0.15) is 0 Å². The first-order chi connectivity index (χ1) is 11.6. The molecule has 3 rings (SSSR count). The number of nitrogens with one attached hydrogen (secondary N) is 2. The van der Waals surface area contributed by atoms with Crippen molar-refractivity contribution in [2.45, 2.75) is 25.1 Å². The number of rotatable bonds is 7. The SMILES string of the molecule is Cc1nc(SCCNC(=O)[C@H](C)Oc2ccc3c(c2)OCO3)n[nH]1. The Morgan fingerprint density at radius 3 is 3.08 bits per heavy atom. The number of hydrogen-bond donors (Lipinski definition) is 2. The molecule has 1 aliphatic rings. The van der Waals surface area contributed by atoms with Crippen LogP contribution in [0.25, 0.3) is 0 Å². The smallest absolute Gasteiger partial charge is 0.260 e. The number of aromatic amines is 1. The van der Waals surface area contributed by atoms with E-state index in [2.05, 4.69) is 20.5 Å². The first-order valence-electron chi connectivity index (χ1n) is 7.47. The number of benzene rings is 1. The number of carbonyl (C=O) groups excluding carboxylic acids is 1. The molecule has 0 unspecified atom stereocenters. The normalized spacial score (nSPS) is 13.6. The van der Waals surface area contributed by atoms with E-state index in [4.69, 9.17) is 14.2 Å². The second-order valence-corrected chi connectivity index (χ2v) is 6.18. The van der Waals surface area contributed by atoms with Crippen molar-refractivity contribution in [2.75, 3.05) is 19.1 Å². The maximum absolute atomic E-state index is 12.1. The van der Waals surface area contributed by atoms with Gasteiger partial charge in [-0.3, -0.25) is 9.89 Å². The van der Waals surface area contributed by atoms with E-state index >= 15 is 0 Å². The van der Waals surface area contributed by atoms with Crippen molar-refractivity contribution in [3.8, 4) is 17.2 Å². The minimum atomic E-state index is -0.610. The molecule has 0 bridgehead atoms. The van der Waals surface area contributed by atoms with Crippen LogP contribution in [0.1, 0.15) is 12.7 Å². The van der Waals surface area contributed by atoms with Crippen molar-refractivity contribution in [3.63, 3.8) is 0 Å². The molecule has 0 fully saturated rings. The molecule has 1 aromatic carbocycles. The van der Waals surface area contributed by atoms with Gasteiger partial charge in [0.15, 0.2) is 17.6 Å². The van der Waals surface area contributed by atoms with Crippen molar-refractivity contribution >= 4 is 17.7 Å². The molecule has 0 radical (unpaired) electrons. The van der Waals surface area contributed by atoms with E-state index in [-0.39, 0.29) is 12.7 Å². The Morgan fingerprint density at radius 2 is 2.29 bits per heavy atom. The highest BCUT2D eigenvalue weighted by Crippen LogP contribution is 2.35. The highest BCUT2D eigenvalue weighted by molar-refractivity contribution is 7.99. The van der Waals surface area contributed by atoms with Crippen molar-refractivity contribution in [2.24, 2.45) is 0 Å². The predicted octanol–water partition coefficient (Wildman–Crippen LogP) is 1.52. The van der Waals surface area contributed by atoms with Crippen molar-refractivity contribution in [1.82, 2.24) is 20.5 Å². The highest BCUT2D eigenvalue weighted by Gasteiger charge is 2.18. The second-order valence-electron chi connectivity index (χ2n) is 5.12. The molecular weight excluding hydrogens is 332 g/mol. The number of thioether (sulfide) groups is 1. The maximum Gasteiger partial charge on any atom is 0.260 e. The van der Waals surface area contributed by atoms with Crippen LogP contribution in [-0.4, -0.2) is 46.3 Å². The summed E-state index contributed by atoms with van der Waals surface area (Å²) >= 11 is 1.47. The zero-order chi connectivity index (χ0) is 16.9. The first-order valence-corrected chi connectivity index (χ1v) is 8.46. The number of ether oxygens (including phenoxy) is 3. The number of fused-ring (bicyclic) bond motifs is 1. The van der Waals surface area contributed by atoms with Crippen LogP contribution in [0.5, 0.6) is 17.2 Å². The van der Waals surface area contributed by atoms with Gasteiger partial charge in [0.2, 0.25) is 11.9 Å². The average molecular weight is 350 g/mol. The lowest BCUT2D eigenvalue weighted by atomic mass is 10.3. The van der Waals surface area contributed by atoms with Crippen molar-refractivity contribution in [1.29, 1.82) is 0 Å². The molecule has 0 saturated carbocycles. The second kappa shape index (κ2) is 7.43. The van der Waals surface area contributed by atoms with Crippen LogP contribution < -0.4 is 19.5 Å². The summed E-state index contributed by atoms with van der Waals surface area (Å²) < 4.78 is 16.2. The van der Waals surface area contributed by atoms with Crippen LogP contribution >= 0.6 is 11.8 Å². The van der Waals surface area contributed by atoms with Crippen LogP contribution in [0.2, 0.25) is 0 Å². The molecule has 0 saturated heterocycles. The third-order valence-electron chi connectivity index (χ3n) is 3.24. The van der Waals surface area contributed by atoms with Gasteiger partial charge < -0.3 is 19.5 Å². The molecule has 2 aromatic rings. The lowest BCUT2D eigenvalue weighted by Crippen LogP contribution is -2.37. The number of amides is 1. The fourth-order valence-electron chi connectivity index (χ4n) is 2.05. The first kappa shape index (κ1) is 16.4.